The first-order valence-corrected chi connectivity index (χ1v) is 8.22. The van der Waals surface area contributed by atoms with Crippen molar-refractivity contribution in [3.8, 4) is 0 Å². The van der Waals surface area contributed by atoms with Crippen molar-refractivity contribution in [2.45, 2.75) is 44.8 Å². The molecule has 1 aliphatic heterocycles. The van der Waals surface area contributed by atoms with E-state index in [1.807, 2.05) is 6.20 Å². The van der Waals surface area contributed by atoms with E-state index in [1.54, 1.807) is 7.11 Å². The molecule has 4 heteroatoms. The van der Waals surface area contributed by atoms with Gasteiger partial charge in [-0.25, -0.2) is 0 Å². The van der Waals surface area contributed by atoms with Crippen molar-refractivity contribution >= 4 is 0 Å². The van der Waals surface area contributed by atoms with Crippen LogP contribution in [0.1, 0.15) is 36.9 Å². The molecule has 1 aliphatic carbocycles. The molecule has 1 saturated carbocycles. The number of ether oxygens (including phenoxy) is 1. The summed E-state index contributed by atoms with van der Waals surface area (Å²) in [6, 6.07) is 5.16. The van der Waals surface area contributed by atoms with Crippen LogP contribution >= 0.6 is 0 Å². The van der Waals surface area contributed by atoms with Crippen molar-refractivity contribution in [3.05, 3.63) is 29.6 Å². The first kappa shape index (κ1) is 14.9. The van der Waals surface area contributed by atoms with E-state index in [4.69, 9.17) is 4.74 Å². The highest BCUT2D eigenvalue weighted by molar-refractivity contribution is 5.14. The van der Waals surface area contributed by atoms with Crippen LogP contribution in [0.2, 0.25) is 0 Å². The molecule has 1 unspecified atom stereocenters. The molecule has 1 aromatic rings. The average Bonchev–Trinajstić information content (AvgIpc) is 3.32. The van der Waals surface area contributed by atoms with Gasteiger partial charge < -0.3 is 10.1 Å². The lowest BCUT2D eigenvalue weighted by Gasteiger charge is -2.32. The van der Waals surface area contributed by atoms with Gasteiger partial charge in [0.15, 0.2) is 0 Å². The average molecular weight is 289 g/mol. The lowest BCUT2D eigenvalue weighted by atomic mass is 9.99. The Balaban J connectivity index is 1.47. The van der Waals surface area contributed by atoms with Gasteiger partial charge in [0.05, 0.1) is 12.3 Å². The molecule has 0 bridgehead atoms. The fraction of sp³-hybridized carbons (Fsp3) is 0.706. The summed E-state index contributed by atoms with van der Waals surface area (Å²) in [5, 5.41) is 3.53. The molecular weight excluding hydrogens is 262 g/mol. The zero-order chi connectivity index (χ0) is 14.5. The first-order chi connectivity index (χ1) is 10.3. The molecule has 0 spiro atoms. The summed E-state index contributed by atoms with van der Waals surface area (Å²) in [5.74, 6) is 0.686. The molecule has 2 heterocycles. The Morgan fingerprint density at radius 3 is 2.95 bits per heavy atom. The minimum Gasteiger partial charge on any atom is -0.384 e. The van der Waals surface area contributed by atoms with Gasteiger partial charge in [-0.05, 0) is 49.8 Å². The minimum absolute atomic E-state index is 0.686. The molecule has 0 radical (unpaired) electrons. The van der Waals surface area contributed by atoms with E-state index in [-0.39, 0.29) is 0 Å². The smallest absolute Gasteiger partial charge is 0.0544 e. The Hall–Kier alpha value is -0.970. The van der Waals surface area contributed by atoms with Gasteiger partial charge in [-0.3, -0.25) is 9.88 Å². The quantitative estimate of drug-likeness (QED) is 0.835. The molecule has 1 saturated heterocycles. The molecule has 2 fully saturated rings. The summed E-state index contributed by atoms with van der Waals surface area (Å²) in [5.41, 5.74) is 2.48. The highest BCUT2D eigenvalue weighted by atomic mass is 16.5. The summed E-state index contributed by atoms with van der Waals surface area (Å²) < 4.78 is 5.30. The SMILES string of the molecule is COCC1CCCN(Cc2ccc(CNC3CC3)cn2)C1. The van der Waals surface area contributed by atoms with Crippen LogP contribution in [0.3, 0.4) is 0 Å². The highest BCUT2D eigenvalue weighted by Crippen LogP contribution is 2.20. The predicted octanol–water partition coefficient (Wildman–Crippen LogP) is 2.19. The van der Waals surface area contributed by atoms with Crippen LogP contribution < -0.4 is 5.32 Å². The van der Waals surface area contributed by atoms with Crippen LogP contribution in [0.25, 0.3) is 0 Å². The Morgan fingerprint density at radius 2 is 2.24 bits per heavy atom. The van der Waals surface area contributed by atoms with Gasteiger partial charge in [-0.1, -0.05) is 6.07 Å². The van der Waals surface area contributed by atoms with Crippen LogP contribution in [0.5, 0.6) is 0 Å². The largest absolute Gasteiger partial charge is 0.384 e. The number of aromatic nitrogens is 1. The summed E-state index contributed by atoms with van der Waals surface area (Å²) in [7, 11) is 1.80. The maximum atomic E-state index is 5.30. The van der Waals surface area contributed by atoms with Gasteiger partial charge in [0.2, 0.25) is 0 Å². The third kappa shape index (κ3) is 4.77. The lowest BCUT2D eigenvalue weighted by molar-refractivity contribution is 0.0868. The maximum Gasteiger partial charge on any atom is 0.0544 e. The molecule has 1 aromatic heterocycles. The maximum absolute atomic E-state index is 5.30. The number of hydrogen-bond donors (Lipinski definition) is 1. The topological polar surface area (TPSA) is 37.4 Å². The van der Waals surface area contributed by atoms with E-state index in [2.05, 4.69) is 27.3 Å². The van der Waals surface area contributed by atoms with Crippen LogP contribution in [-0.4, -0.2) is 42.7 Å². The number of hydrogen-bond acceptors (Lipinski definition) is 4. The van der Waals surface area contributed by atoms with Crippen molar-refractivity contribution in [2.24, 2.45) is 5.92 Å². The normalized spacial score (nSPS) is 23.4. The van der Waals surface area contributed by atoms with Crippen molar-refractivity contribution in [1.82, 2.24) is 15.2 Å². The molecule has 21 heavy (non-hydrogen) atoms. The van der Waals surface area contributed by atoms with Gasteiger partial charge in [-0.2, -0.15) is 0 Å². The number of rotatable bonds is 7. The molecule has 0 aromatic carbocycles. The molecule has 4 nitrogen and oxygen atoms in total. The number of piperidine rings is 1. The van der Waals surface area contributed by atoms with Crippen LogP contribution in [0.15, 0.2) is 18.3 Å². The molecule has 2 aliphatic rings. The van der Waals surface area contributed by atoms with E-state index >= 15 is 0 Å². The summed E-state index contributed by atoms with van der Waals surface area (Å²) in [6.07, 6.45) is 7.27. The number of nitrogens with one attached hydrogen (secondary N) is 1. The number of methoxy groups -OCH3 is 1. The molecule has 1 N–H and O–H groups in total. The third-order valence-corrected chi connectivity index (χ3v) is 4.45. The second-order valence-corrected chi connectivity index (χ2v) is 6.51. The predicted molar refractivity (Wildman–Crippen MR) is 84.0 cm³/mol. The number of nitrogens with zero attached hydrogens (tertiary/aromatic N) is 2. The fourth-order valence-corrected chi connectivity index (χ4v) is 3.10. The van der Waals surface area contributed by atoms with Crippen molar-refractivity contribution < 1.29 is 4.74 Å². The second kappa shape index (κ2) is 7.34. The molecule has 0 amide bonds. The third-order valence-electron chi connectivity index (χ3n) is 4.45. The second-order valence-electron chi connectivity index (χ2n) is 6.51. The van der Waals surface area contributed by atoms with Gasteiger partial charge in [0.1, 0.15) is 0 Å². The van der Waals surface area contributed by atoms with E-state index in [0.29, 0.717) is 5.92 Å². The molecule has 116 valence electrons. The molecular formula is C17H27N3O. The molecule has 3 rings (SSSR count). The van der Waals surface area contributed by atoms with Crippen LogP contribution in [0.4, 0.5) is 0 Å². The van der Waals surface area contributed by atoms with Gasteiger partial charge >= 0.3 is 0 Å². The monoisotopic (exact) mass is 289 g/mol. The van der Waals surface area contributed by atoms with Crippen molar-refractivity contribution in [3.63, 3.8) is 0 Å². The van der Waals surface area contributed by atoms with E-state index in [9.17, 15) is 0 Å². The summed E-state index contributed by atoms with van der Waals surface area (Å²) >= 11 is 0. The van der Waals surface area contributed by atoms with Crippen molar-refractivity contribution in [1.29, 1.82) is 0 Å². The fourth-order valence-electron chi connectivity index (χ4n) is 3.10. The Morgan fingerprint density at radius 1 is 1.33 bits per heavy atom. The Kier molecular flexibility index (Phi) is 5.22. The zero-order valence-electron chi connectivity index (χ0n) is 13.1. The summed E-state index contributed by atoms with van der Waals surface area (Å²) in [4.78, 5) is 7.14. The standard InChI is InChI=1S/C17H27N3O/c1-21-13-15-3-2-8-20(11-15)12-17-5-4-14(10-19-17)9-18-16-6-7-16/h4-5,10,15-16,18H,2-3,6-9,11-13H2,1H3. The van der Waals surface area contributed by atoms with Crippen LogP contribution in [0, 0.1) is 5.92 Å². The Bertz CT molecular complexity index is 428. The zero-order valence-corrected chi connectivity index (χ0v) is 13.1. The summed E-state index contributed by atoms with van der Waals surface area (Å²) in [6.45, 7) is 5.14. The van der Waals surface area contributed by atoms with Gasteiger partial charge in [0, 0.05) is 39.0 Å². The van der Waals surface area contributed by atoms with E-state index in [0.717, 1.165) is 32.3 Å². The van der Waals surface area contributed by atoms with Gasteiger partial charge in [0.25, 0.3) is 0 Å². The van der Waals surface area contributed by atoms with Gasteiger partial charge in [-0.15, -0.1) is 0 Å². The van der Waals surface area contributed by atoms with E-state index < -0.39 is 0 Å². The number of likely N-dealkylation sites (tertiary alicyclic amines) is 1. The Labute approximate surface area is 127 Å². The lowest BCUT2D eigenvalue weighted by Crippen LogP contribution is -2.36. The van der Waals surface area contributed by atoms with Crippen LogP contribution in [-0.2, 0) is 17.8 Å². The first-order valence-electron chi connectivity index (χ1n) is 8.22. The minimum atomic E-state index is 0.686. The number of pyridine rings is 1. The van der Waals surface area contributed by atoms with Crippen molar-refractivity contribution in [2.75, 3.05) is 26.8 Å². The highest BCUT2D eigenvalue weighted by Gasteiger charge is 2.21. The molecule has 1 atom stereocenters. The van der Waals surface area contributed by atoms with E-state index in [1.165, 1.54) is 43.5 Å².